The van der Waals surface area contributed by atoms with Gasteiger partial charge in [-0.25, -0.2) is 4.79 Å². The number of nitrogens with one attached hydrogen (secondary N) is 1. The molecule has 0 bridgehead atoms. The van der Waals surface area contributed by atoms with Crippen LogP contribution in [0.15, 0.2) is 36.4 Å². The normalized spacial score (nSPS) is 22.1. The molecule has 0 saturated carbocycles. The van der Waals surface area contributed by atoms with E-state index in [4.69, 9.17) is 34.8 Å². The third-order valence-electron chi connectivity index (χ3n) is 7.92. The lowest BCUT2D eigenvalue weighted by Gasteiger charge is -2.40. The number of halogens is 3. The number of carbonyl (C=O) groups is 2. The zero-order valence-electron chi connectivity index (χ0n) is 20.4. The van der Waals surface area contributed by atoms with E-state index in [1.54, 1.807) is 6.07 Å². The van der Waals surface area contributed by atoms with E-state index < -0.39 is 0 Å². The predicted molar refractivity (Wildman–Crippen MR) is 144 cm³/mol. The smallest absolute Gasteiger partial charge is 0.317 e. The molecule has 2 atom stereocenters. The summed E-state index contributed by atoms with van der Waals surface area (Å²) in [5.41, 5.74) is 2.72. The molecule has 3 aliphatic heterocycles. The maximum atomic E-state index is 13.1. The molecule has 5 rings (SSSR count). The van der Waals surface area contributed by atoms with Gasteiger partial charge in [-0.3, -0.25) is 4.79 Å². The molecule has 1 N–H and O–H groups in total. The van der Waals surface area contributed by atoms with Gasteiger partial charge in [0.25, 0.3) is 5.91 Å². The molecule has 2 saturated heterocycles. The SMILES string of the molecule is CN1C(=O)c2ccc(Cl)cc2C1C(CCN1CCC(N2CCCNC2=O)CC1)c1ccc(Cl)c(Cl)c1. The average Bonchev–Trinajstić information content (AvgIpc) is 3.11. The van der Waals surface area contributed by atoms with Gasteiger partial charge in [-0.2, -0.15) is 0 Å². The van der Waals surface area contributed by atoms with Crippen LogP contribution in [-0.4, -0.2) is 72.5 Å². The summed E-state index contributed by atoms with van der Waals surface area (Å²) in [7, 11) is 1.86. The van der Waals surface area contributed by atoms with Gasteiger partial charge in [-0.15, -0.1) is 0 Å². The maximum Gasteiger partial charge on any atom is 0.317 e. The summed E-state index contributed by atoms with van der Waals surface area (Å²) in [5.74, 6) is 0.0383. The molecule has 0 aliphatic carbocycles. The van der Waals surface area contributed by atoms with Crippen LogP contribution in [0.3, 0.4) is 0 Å². The predicted octanol–water partition coefficient (Wildman–Crippen LogP) is 5.83. The molecule has 2 aromatic rings. The zero-order valence-corrected chi connectivity index (χ0v) is 22.6. The van der Waals surface area contributed by atoms with Gasteiger partial charge in [0.05, 0.1) is 16.1 Å². The fraction of sp³-hybridized carbons (Fsp3) is 0.481. The fourth-order valence-electron chi connectivity index (χ4n) is 6.01. The fourth-order valence-corrected chi connectivity index (χ4v) is 6.49. The molecular formula is C27H31Cl3N4O2. The Morgan fingerprint density at radius 1 is 1.00 bits per heavy atom. The summed E-state index contributed by atoms with van der Waals surface area (Å²) >= 11 is 19.0. The summed E-state index contributed by atoms with van der Waals surface area (Å²) in [6.45, 7) is 4.41. The van der Waals surface area contributed by atoms with Crippen LogP contribution in [0.25, 0.3) is 0 Å². The summed E-state index contributed by atoms with van der Waals surface area (Å²) in [6.07, 6.45) is 3.81. The molecule has 6 nitrogen and oxygen atoms in total. The number of piperidine rings is 1. The zero-order chi connectivity index (χ0) is 25.4. The number of amides is 3. The number of urea groups is 1. The van der Waals surface area contributed by atoms with Crippen molar-refractivity contribution in [3.8, 4) is 0 Å². The Hall–Kier alpha value is -1.99. The lowest BCUT2D eigenvalue weighted by molar-refractivity contribution is 0.0740. The quantitative estimate of drug-likeness (QED) is 0.493. The van der Waals surface area contributed by atoms with Crippen molar-refractivity contribution in [1.29, 1.82) is 0 Å². The first-order valence-electron chi connectivity index (χ1n) is 12.6. The molecule has 3 heterocycles. The van der Waals surface area contributed by atoms with Crippen LogP contribution in [0.5, 0.6) is 0 Å². The molecule has 192 valence electrons. The van der Waals surface area contributed by atoms with Crippen molar-refractivity contribution in [2.75, 3.05) is 39.8 Å². The van der Waals surface area contributed by atoms with Crippen molar-refractivity contribution in [3.63, 3.8) is 0 Å². The molecule has 2 unspecified atom stereocenters. The monoisotopic (exact) mass is 548 g/mol. The molecule has 3 amide bonds. The Balaban J connectivity index is 1.34. The molecule has 0 aromatic heterocycles. The second-order valence-corrected chi connectivity index (χ2v) is 11.3. The number of benzene rings is 2. The average molecular weight is 550 g/mol. The van der Waals surface area contributed by atoms with Crippen molar-refractivity contribution >= 4 is 46.7 Å². The Morgan fingerprint density at radius 2 is 1.78 bits per heavy atom. The molecule has 36 heavy (non-hydrogen) atoms. The first-order chi connectivity index (χ1) is 17.3. The highest BCUT2D eigenvalue weighted by molar-refractivity contribution is 6.42. The van der Waals surface area contributed by atoms with Gasteiger partial charge in [0.15, 0.2) is 0 Å². The Labute approximate surface area is 227 Å². The van der Waals surface area contributed by atoms with Crippen LogP contribution in [0, 0.1) is 0 Å². The number of rotatable bonds is 6. The largest absolute Gasteiger partial charge is 0.338 e. The summed E-state index contributed by atoms with van der Waals surface area (Å²) in [4.78, 5) is 31.7. The van der Waals surface area contributed by atoms with Crippen LogP contribution < -0.4 is 5.32 Å². The minimum absolute atomic E-state index is 0.0114. The summed E-state index contributed by atoms with van der Waals surface area (Å²) in [5, 5.41) is 4.62. The van der Waals surface area contributed by atoms with Crippen molar-refractivity contribution in [2.24, 2.45) is 0 Å². The van der Waals surface area contributed by atoms with E-state index in [9.17, 15) is 9.59 Å². The highest BCUT2D eigenvalue weighted by Gasteiger charge is 2.40. The maximum absolute atomic E-state index is 13.1. The first kappa shape index (κ1) is 25.7. The molecule has 2 fully saturated rings. The van der Waals surface area contributed by atoms with Crippen molar-refractivity contribution in [3.05, 3.63) is 68.2 Å². The second-order valence-electron chi connectivity index (χ2n) is 10.0. The van der Waals surface area contributed by atoms with Crippen LogP contribution in [0.1, 0.15) is 59.1 Å². The van der Waals surface area contributed by atoms with Crippen molar-refractivity contribution in [1.82, 2.24) is 20.0 Å². The van der Waals surface area contributed by atoms with Crippen LogP contribution >= 0.6 is 34.8 Å². The molecule has 9 heteroatoms. The number of hydrogen-bond donors (Lipinski definition) is 1. The van der Waals surface area contributed by atoms with Gasteiger partial charge < -0.3 is 20.0 Å². The minimum Gasteiger partial charge on any atom is -0.338 e. The molecule has 0 spiro atoms. The third kappa shape index (κ3) is 5.06. The van der Waals surface area contributed by atoms with E-state index in [1.807, 2.05) is 47.2 Å². The summed E-state index contributed by atoms with van der Waals surface area (Å²) < 4.78 is 0. The highest BCUT2D eigenvalue weighted by Crippen LogP contribution is 2.45. The van der Waals surface area contributed by atoms with E-state index in [2.05, 4.69) is 10.2 Å². The first-order valence-corrected chi connectivity index (χ1v) is 13.7. The number of carbonyl (C=O) groups excluding carboxylic acids is 2. The Kier molecular flexibility index (Phi) is 7.68. The Bertz CT molecular complexity index is 1150. The van der Waals surface area contributed by atoms with Gasteiger partial charge in [0.2, 0.25) is 0 Å². The van der Waals surface area contributed by atoms with Crippen LogP contribution in [0.4, 0.5) is 4.79 Å². The number of likely N-dealkylation sites (N-methyl/N-ethyl adjacent to an activating group) is 1. The van der Waals surface area contributed by atoms with E-state index in [-0.39, 0.29) is 23.9 Å². The van der Waals surface area contributed by atoms with Gasteiger partial charge in [0.1, 0.15) is 0 Å². The number of hydrogen-bond acceptors (Lipinski definition) is 3. The highest BCUT2D eigenvalue weighted by atomic mass is 35.5. The molecule has 3 aliphatic rings. The van der Waals surface area contributed by atoms with Crippen LogP contribution in [-0.2, 0) is 0 Å². The van der Waals surface area contributed by atoms with Gasteiger partial charge in [-0.05, 0) is 73.7 Å². The summed E-state index contributed by atoms with van der Waals surface area (Å²) in [6, 6.07) is 11.5. The van der Waals surface area contributed by atoms with Gasteiger partial charge in [0, 0.05) is 55.8 Å². The van der Waals surface area contributed by atoms with Crippen LogP contribution in [0.2, 0.25) is 15.1 Å². The topological polar surface area (TPSA) is 55.9 Å². The lowest BCUT2D eigenvalue weighted by atomic mass is 9.84. The van der Waals surface area contributed by atoms with E-state index in [0.717, 1.165) is 69.5 Å². The van der Waals surface area contributed by atoms with E-state index in [0.29, 0.717) is 26.7 Å². The van der Waals surface area contributed by atoms with E-state index >= 15 is 0 Å². The number of nitrogens with zero attached hydrogens (tertiary/aromatic N) is 3. The minimum atomic E-state index is -0.141. The third-order valence-corrected chi connectivity index (χ3v) is 8.89. The van der Waals surface area contributed by atoms with Crippen molar-refractivity contribution in [2.45, 2.75) is 43.7 Å². The number of fused-ring (bicyclic) bond motifs is 1. The molecule has 2 aromatic carbocycles. The molecule has 0 radical (unpaired) electrons. The standard InChI is InChI=1S/C27H31Cl3N4O2/c1-32-25(22-16-18(28)4-5-21(22)26(32)35)20(17-3-6-23(29)24(30)15-17)9-14-33-12-7-19(8-13-33)34-11-2-10-31-27(34)36/h3-6,15-16,19-20,25H,2,7-14H2,1H3,(H,31,36). The second kappa shape index (κ2) is 10.8. The number of likely N-dealkylation sites (tertiary alicyclic amines) is 1. The molecular weight excluding hydrogens is 519 g/mol. The van der Waals surface area contributed by atoms with Crippen molar-refractivity contribution < 1.29 is 9.59 Å². The lowest BCUT2D eigenvalue weighted by Crippen LogP contribution is -2.54. The van der Waals surface area contributed by atoms with E-state index in [1.165, 1.54) is 0 Å². The van der Waals surface area contributed by atoms with Gasteiger partial charge in [-0.1, -0.05) is 40.9 Å². The van der Waals surface area contributed by atoms with Gasteiger partial charge >= 0.3 is 6.03 Å². The Morgan fingerprint density at radius 3 is 2.50 bits per heavy atom.